The summed E-state index contributed by atoms with van der Waals surface area (Å²) < 4.78 is 6.39. The van der Waals surface area contributed by atoms with Crippen LogP contribution >= 0.6 is 0 Å². The van der Waals surface area contributed by atoms with Crippen LogP contribution in [0.25, 0.3) is 0 Å². The van der Waals surface area contributed by atoms with Crippen molar-refractivity contribution < 1.29 is 9.53 Å². The Hall–Kier alpha value is -2.44. The van der Waals surface area contributed by atoms with E-state index in [9.17, 15) is 4.79 Å². The van der Waals surface area contributed by atoms with Crippen LogP contribution < -0.4 is 5.32 Å². The van der Waals surface area contributed by atoms with Crippen LogP contribution in [0.1, 0.15) is 30.5 Å². The van der Waals surface area contributed by atoms with Crippen LogP contribution in [0.15, 0.2) is 24.7 Å². The molecule has 0 atom stereocenters. The Labute approximate surface area is 110 Å². The van der Waals surface area contributed by atoms with Gasteiger partial charge in [-0.25, -0.2) is 14.8 Å². The van der Waals surface area contributed by atoms with Crippen LogP contribution in [0.4, 0.5) is 11.5 Å². The molecule has 2 rings (SSSR count). The van der Waals surface area contributed by atoms with Crippen molar-refractivity contribution in [2.45, 2.75) is 19.9 Å². The first kappa shape index (κ1) is 13.0. The van der Waals surface area contributed by atoms with Crippen molar-refractivity contribution in [1.82, 2.24) is 19.7 Å². The molecule has 0 aliphatic rings. The molecule has 2 aromatic rings. The molecule has 7 nitrogen and oxygen atoms in total. The molecule has 2 aromatic heterocycles. The van der Waals surface area contributed by atoms with Crippen molar-refractivity contribution in [1.29, 1.82) is 0 Å². The zero-order chi connectivity index (χ0) is 13.8. The predicted octanol–water partition coefficient (Wildman–Crippen LogP) is 1.78. The Morgan fingerprint density at radius 3 is 2.89 bits per heavy atom. The first-order chi connectivity index (χ1) is 9.10. The molecular weight excluding hydrogens is 246 g/mol. The fourth-order valence-electron chi connectivity index (χ4n) is 1.45. The highest BCUT2D eigenvalue weighted by molar-refractivity contribution is 5.85. The molecule has 0 bridgehead atoms. The fourth-order valence-corrected chi connectivity index (χ4v) is 1.45. The first-order valence-corrected chi connectivity index (χ1v) is 5.82. The average Bonchev–Trinajstić information content (AvgIpc) is 2.87. The number of rotatable bonds is 4. The highest BCUT2D eigenvalue weighted by Crippen LogP contribution is 2.15. The van der Waals surface area contributed by atoms with Gasteiger partial charge in [0, 0.05) is 18.4 Å². The predicted molar refractivity (Wildman–Crippen MR) is 69.3 cm³/mol. The number of esters is 1. The molecule has 0 spiro atoms. The van der Waals surface area contributed by atoms with E-state index in [-0.39, 0.29) is 11.9 Å². The van der Waals surface area contributed by atoms with Gasteiger partial charge in [0.05, 0.1) is 19.0 Å². The van der Waals surface area contributed by atoms with Crippen LogP contribution in [-0.4, -0.2) is 32.8 Å². The molecule has 0 aromatic carbocycles. The van der Waals surface area contributed by atoms with Gasteiger partial charge in [0.15, 0.2) is 0 Å². The quantitative estimate of drug-likeness (QED) is 0.845. The molecule has 0 aliphatic carbocycles. The molecule has 0 saturated heterocycles. The maximum Gasteiger partial charge on any atom is 0.376 e. The maximum atomic E-state index is 11.3. The van der Waals surface area contributed by atoms with Gasteiger partial charge in [-0.2, -0.15) is 5.10 Å². The second kappa shape index (κ2) is 5.47. The number of carbonyl (C=O) groups is 1. The second-order valence-corrected chi connectivity index (χ2v) is 4.18. The number of nitrogens with one attached hydrogen (secondary N) is 1. The number of anilines is 2. The highest BCUT2D eigenvalue weighted by Gasteiger charge is 2.10. The summed E-state index contributed by atoms with van der Waals surface area (Å²) >= 11 is 0. The van der Waals surface area contributed by atoms with E-state index in [4.69, 9.17) is 0 Å². The third-order valence-corrected chi connectivity index (χ3v) is 2.43. The zero-order valence-electron chi connectivity index (χ0n) is 11.0. The number of methoxy groups -OCH3 is 1. The lowest BCUT2D eigenvalue weighted by atomic mass is 10.4. The minimum atomic E-state index is -0.568. The van der Waals surface area contributed by atoms with Crippen molar-refractivity contribution in [3.63, 3.8) is 0 Å². The van der Waals surface area contributed by atoms with Gasteiger partial charge in [0.25, 0.3) is 0 Å². The van der Waals surface area contributed by atoms with Crippen molar-refractivity contribution in [3.8, 4) is 0 Å². The standard InChI is InChI=1S/C12H15N5O2/c1-8(2)17-7-9(6-14-17)15-10-4-5-13-11(16-10)12(18)19-3/h4-8H,1-3H3,(H,13,15,16). The molecule has 1 N–H and O–H groups in total. The van der Waals surface area contributed by atoms with Gasteiger partial charge < -0.3 is 10.1 Å². The van der Waals surface area contributed by atoms with E-state index in [1.165, 1.54) is 13.3 Å². The van der Waals surface area contributed by atoms with E-state index in [0.29, 0.717) is 5.82 Å². The van der Waals surface area contributed by atoms with E-state index in [1.807, 2.05) is 24.7 Å². The lowest BCUT2D eigenvalue weighted by Gasteiger charge is -2.05. The van der Waals surface area contributed by atoms with Crippen LogP contribution in [0.5, 0.6) is 0 Å². The topological polar surface area (TPSA) is 81.9 Å². The summed E-state index contributed by atoms with van der Waals surface area (Å²) in [5, 5.41) is 7.26. The molecule has 0 fully saturated rings. The SMILES string of the molecule is COC(=O)c1nccc(Nc2cnn(C(C)C)c2)n1. The van der Waals surface area contributed by atoms with Gasteiger partial charge in [0.1, 0.15) is 5.82 Å². The van der Waals surface area contributed by atoms with Crippen LogP contribution in [0.2, 0.25) is 0 Å². The van der Waals surface area contributed by atoms with Gasteiger partial charge in [-0.3, -0.25) is 4.68 Å². The Morgan fingerprint density at radius 1 is 1.47 bits per heavy atom. The monoisotopic (exact) mass is 261 g/mol. The van der Waals surface area contributed by atoms with Crippen molar-refractivity contribution >= 4 is 17.5 Å². The Kier molecular flexibility index (Phi) is 3.74. The Morgan fingerprint density at radius 2 is 2.26 bits per heavy atom. The van der Waals surface area contributed by atoms with E-state index < -0.39 is 5.97 Å². The minimum absolute atomic E-state index is 0.0174. The van der Waals surface area contributed by atoms with E-state index in [2.05, 4.69) is 25.1 Å². The summed E-state index contributed by atoms with van der Waals surface area (Å²) in [4.78, 5) is 19.2. The van der Waals surface area contributed by atoms with Crippen LogP contribution in [0, 0.1) is 0 Å². The van der Waals surface area contributed by atoms with Gasteiger partial charge in [-0.05, 0) is 19.9 Å². The van der Waals surface area contributed by atoms with Crippen LogP contribution in [0.3, 0.4) is 0 Å². The molecule has 0 unspecified atom stereocenters. The third-order valence-electron chi connectivity index (χ3n) is 2.43. The molecule has 0 radical (unpaired) electrons. The summed E-state index contributed by atoms with van der Waals surface area (Å²) in [5.74, 6) is -0.0380. The lowest BCUT2D eigenvalue weighted by molar-refractivity contribution is 0.0587. The molecule has 0 amide bonds. The molecule has 19 heavy (non-hydrogen) atoms. The second-order valence-electron chi connectivity index (χ2n) is 4.18. The fraction of sp³-hybridized carbons (Fsp3) is 0.333. The summed E-state index contributed by atoms with van der Waals surface area (Å²) in [6, 6.07) is 1.95. The lowest BCUT2D eigenvalue weighted by Crippen LogP contribution is -2.08. The van der Waals surface area contributed by atoms with Crippen LogP contribution in [-0.2, 0) is 4.74 Å². The zero-order valence-corrected chi connectivity index (χ0v) is 11.0. The normalized spacial score (nSPS) is 10.5. The highest BCUT2D eigenvalue weighted by atomic mass is 16.5. The Bertz CT molecular complexity index is 579. The van der Waals surface area contributed by atoms with E-state index >= 15 is 0 Å². The van der Waals surface area contributed by atoms with Gasteiger partial charge >= 0.3 is 5.97 Å². The van der Waals surface area contributed by atoms with Crippen molar-refractivity contribution in [2.75, 3.05) is 12.4 Å². The molecule has 7 heteroatoms. The number of ether oxygens (including phenoxy) is 1. The molecule has 2 heterocycles. The summed E-state index contributed by atoms with van der Waals surface area (Å²) in [5.41, 5.74) is 0.795. The van der Waals surface area contributed by atoms with Gasteiger partial charge in [-0.1, -0.05) is 0 Å². The minimum Gasteiger partial charge on any atom is -0.463 e. The summed E-state index contributed by atoms with van der Waals surface area (Å²) in [6.07, 6.45) is 5.05. The van der Waals surface area contributed by atoms with E-state index in [0.717, 1.165) is 5.69 Å². The van der Waals surface area contributed by atoms with Crippen molar-refractivity contribution in [2.24, 2.45) is 0 Å². The maximum absolute atomic E-state index is 11.3. The molecule has 0 aliphatic heterocycles. The molecule has 0 saturated carbocycles. The first-order valence-electron chi connectivity index (χ1n) is 5.82. The number of nitrogens with zero attached hydrogens (tertiary/aromatic N) is 4. The largest absolute Gasteiger partial charge is 0.463 e. The summed E-state index contributed by atoms with van der Waals surface area (Å²) in [6.45, 7) is 4.08. The smallest absolute Gasteiger partial charge is 0.376 e. The number of aromatic nitrogens is 4. The third kappa shape index (κ3) is 3.06. The van der Waals surface area contributed by atoms with Gasteiger partial charge in [0.2, 0.25) is 5.82 Å². The Balaban J connectivity index is 2.16. The van der Waals surface area contributed by atoms with Crippen molar-refractivity contribution in [3.05, 3.63) is 30.5 Å². The molecular formula is C12H15N5O2. The number of carbonyl (C=O) groups excluding carboxylic acids is 1. The number of hydrogen-bond donors (Lipinski definition) is 1. The molecule has 100 valence electrons. The number of hydrogen-bond acceptors (Lipinski definition) is 6. The van der Waals surface area contributed by atoms with E-state index in [1.54, 1.807) is 12.3 Å². The average molecular weight is 261 g/mol. The van der Waals surface area contributed by atoms with Gasteiger partial charge in [-0.15, -0.1) is 0 Å². The summed E-state index contributed by atoms with van der Waals surface area (Å²) in [7, 11) is 1.29.